The number of rotatable bonds is 7. The lowest BCUT2D eigenvalue weighted by molar-refractivity contribution is 0.322. The van der Waals surface area contributed by atoms with Gasteiger partial charge in [0.15, 0.2) is 17.5 Å². The first-order valence-corrected chi connectivity index (χ1v) is 7.83. The molecule has 2 aromatic rings. The first-order chi connectivity index (χ1) is 12.1. The molecular formula is C17H25N5O3. The van der Waals surface area contributed by atoms with Crippen LogP contribution < -0.4 is 24.8 Å². The molecule has 0 amide bonds. The standard InChI is InChI=1S/C17H25N5O3/c1-18-17(20-11-13-8-9-21-22(13)2)19-10-12-6-7-14(23-3)16(25-5)15(12)24-4/h6-9H,10-11H2,1-5H3,(H2,18,19,20). The van der Waals surface area contributed by atoms with Gasteiger partial charge < -0.3 is 24.8 Å². The van der Waals surface area contributed by atoms with E-state index >= 15 is 0 Å². The van der Waals surface area contributed by atoms with Crippen LogP contribution in [0.3, 0.4) is 0 Å². The van der Waals surface area contributed by atoms with Crippen LogP contribution in [0.1, 0.15) is 11.3 Å². The van der Waals surface area contributed by atoms with Gasteiger partial charge in [0.2, 0.25) is 5.75 Å². The van der Waals surface area contributed by atoms with Gasteiger partial charge in [-0.15, -0.1) is 0 Å². The molecule has 0 saturated heterocycles. The molecule has 1 aromatic carbocycles. The van der Waals surface area contributed by atoms with Gasteiger partial charge in [0, 0.05) is 32.4 Å². The molecule has 0 aliphatic carbocycles. The van der Waals surface area contributed by atoms with E-state index < -0.39 is 0 Å². The number of hydrogen-bond donors (Lipinski definition) is 2. The van der Waals surface area contributed by atoms with Crippen molar-refractivity contribution in [2.45, 2.75) is 13.1 Å². The lowest BCUT2D eigenvalue weighted by Crippen LogP contribution is -2.36. The summed E-state index contributed by atoms with van der Waals surface area (Å²) in [4.78, 5) is 4.23. The third kappa shape index (κ3) is 4.34. The normalized spacial score (nSPS) is 11.2. The summed E-state index contributed by atoms with van der Waals surface area (Å²) in [6, 6.07) is 5.74. The number of aliphatic imine (C=N–C) groups is 1. The van der Waals surface area contributed by atoms with Crippen molar-refractivity contribution < 1.29 is 14.2 Å². The quantitative estimate of drug-likeness (QED) is 0.581. The summed E-state index contributed by atoms with van der Waals surface area (Å²) in [6.07, 6.45) is 1.77. The van der Waals surface area contributed by atoms with Crippen molar-refractivity contribution >= 4 is 5.96 Å². The molecule has 0 unspecified atom stereocenters. The maximum absolute atomic E-state index is 5.49. The number of nitrogens with one attached hydrogen (secondary N) is 2. The van der Waals surface area contributed by atoms with Crippen LogP contribution in [0.25, 0.3) is 0 Å². The Kier molecular flexibility index (Phi) is 6.50. The van der Waals surface area contributed by atoms with E-state index in [1.807, 2.05) is 29.9 Å². The molecule has 0 atom stereocenters. The highest BCUT2D eigenvalue weighted by molar-refractivity contribution is 5.79. The second-order valence-corrected chi connectivity index (χ2v) is 5.22. The number of ether oxygens (including phenoxy) is 3. The van der Waals surface area contributed by atoms with E-state index in [1.165, 1.54) is 0 Å². The van der Waals surface area contributed by atoms with Crippen LogP contribution in [0.2, 0.25) is 0 Å². The smallest absolute Gasteiger partial charge is 0.203 e. The predicted molar refractivity (Wildman–Crippen MR) is 96.3 cm³/mol. The topological polar surface area (TPSA) is 81.9 Å². The number of methoxy groups -OCH3 is 3. The molecular weight excluding hydrogens is 322 g/mol. The summed E-state index contributed by atoms with van der Waals surface area (Å²) < 4.78 is 18.0. The van der Waals surface area contributed by atoms with Crippen LogP contribution in [0.5, 0.6) is 17.2 Å². The molecule has 0 aliphatic rings. The number of hydrogen-bond acceptors (Lipinski definition) is 5. The van der Waals surface area contributed by atoms with Gasteiger partial charge in [0.1, 0.15) is 0 Å². The van der Waals surface area contributed by atoms with Crippen molar-refractivity contribution in [3.8, 4) is 17.2 Å². The first-order valence-electron chi connectivity index (χ1n) is 7.83. The molecule has 0 fully saturated rings. The summed E-state index contributed by atoms with van der Waals surface area (Å²) in [6.45, 7) is 1.15. The fourth-order valence-corrected chi connectivity index (χ4v) is 2.45. The third-order valence-electron chi connectivity index (χ3n) is 3.82. The molecule has 8 nitrogen and oxygen atoms in total. The highest BCUT2D eigenvalue weighted by Gasteiger charge is 2.15. The van der Waals surface area contributed by atoms with Gasteiger partial charge in [0.25, 0.3) is 0 Å². The van der Waals surface area contributed by atoms with Crippen LogP contribution in [0.4, 0.5) is 0 Å². The van der Waals surface area contributed by atoms with E-state index in [2.05, 4.69) is 20.7 Å². The average molecular weight is 347 g/mol. The third-order valence-corrected chi connectivity index (χ3v) is 3.82. The van der Waals surface area contributed by atoms with Crippen molar-refractivity contribution in [3.05, 3.63) is 35.7 Å². The minimum absolute atomic E-state index is 0.522. The summed E-state index contributed by atoms with van der Waals surface area (Å²) in [5.74, 6) is 2.51. The summed E-state index contributed by atoms with van der Waals surface area (Å²) in [5.41, 5.74) is 2.00. The Morgan fingerprint density at radius 2 is 1.76 bits per heavy atom. The van der Waals surface area contributed by atoms with Crippen LogP contribution in [-0.2, 0) is 20.1 Å². The zero-order valence-corrected chi connectivity index (χ0v) is 15.3. The Morgan fingerprint density at radius 3 is 2.32 bits per heavy atom. The van der Waals surface area contributed by atoms with Gasteiger partial charge in [-0.05, 0) is 18.2 Å². The molecule has 0 saturated carbocycles. The van der Waals surface area contributed by atoms with Crippen molar-refractivity contribution in [1.29, 1.82) is 0 Å². The lowest BCUT2D eigenvalue weighted by Gasteiger charge is -2.17. The van der Waals surface area contributed by atoms with Crippen LogP contribution in [-0.4, -0.2) is 44.1 Å². The van der Waals surface area contributed by atoms with E-state index in [4.69, 9.17) is 14.2 Å². The summed E-state index contributed by atoms with van der Waals surface area (Å²) in [7, 11) is 8.42. The fourth-order valence-electron chi connectivity index (χ4n) is 2.45. The number of aryl methyl sites for hydroxylation is 1. The van der Waals surface area contributed by atoms with Crippen molar-refractivity contribution in [1.82, 2.24) is 20.4 Å². The molecule has 0 spiro atoms. The summed E-state index contributed by atoms with van der Waals surface area (Å²) >= 11 is 0. The maximum atomic E-state index is 5.49. The molecule has 0 radical (unpaired) electrons. The second kappa shape index (κ2) is 8.81. The Bertz CT molecular complexity index is 727. The zero-order valence-electron chi connectivity index (χ0n) is 15.3. The maximum Gasteiger partial charge on any atom is 0.203 e. The minimum atomic E-state index is 0.522. The molecule has 1 aromatic heterocycles. The lowest BCUT2D eigenvalue weighted by atomic mass is 10.1. The highest BCUT2D eigenvalue weighted by atomic mass is 16.5. The van der Waals surface area contributed by atoms with E-state index in [0.29, 0.717) is 36.3 Å². The fraction of sp³-hybridized carbons (Fsp3) is 0.412. The first kappa shape index (κ1) is 18.4. The Balaban J connectivity index is 2.05. The van der Waals surface area contributed by atoms with E-state index in [-0.39, 0.29) is 0 Å². The molecule has 136 valence electrons. The van der Waals surface area contributed by atoms with Crippen LogP contribution >= 0.6 is 0 Å². The average Bonchev–Trinajstić information content (AvgIpc) is 3.05. The molecule has 8 heteroatoms. The van der Waals surface area contributed by atoms with Crippen LogP contribution in [0, 0.1) is 0 Å². The van der Waals surface area contributed by atoms with E-state index in [9.17, 15) is 0 Å². The monoisotopic (exact) mass is 347 g/mol. The summed E-state index contributed by atoms with van der Waals surface area (Å²) in [5, 5.41) is 10.7. The molecule has 2 N–H and O–H groups in total. The number of nitrogens with zero attached hydrogens (tertiary/aromatic N) is 3. The molecule has 0 aliphatic heterocycles. The SMILES string of the molecule is CN=C(NCc1ccc(OC)c(OC)c1OC)NCc1ccnn1C. The van der Waals surface area contributed by atoms with Gasteiger partial charge >= 0.3 is 0 Å². The molecule has 0 bridgehead atoms. The number of guanidine groups is 1. The van der Waals surface area contributed by atoms with E-state index in [0.717, 1.165) is 11.3 Å². The molecule has 25 heavy (non-hydrogen) atoms. The zero-order chi connectivity index (χ0) is 18.2. The Labute approximate surface area is 147 Å². The van der Waals surface area contributed by atoms with Crippen LogP contribution in [0.15, 0.2) is 29.4 Å². The van der Waals surface area contributed by atoms with Crippen molar-refractivity contribution in [2.75, 3.05) is 28.4 Å². The second-order valence-electron chi connectivity index (χ2n) is 5.22. The number of benzene rings is 1. The largest absolute Gasteiger partial charge is 0.493 e. The van der Waals surface area contributed by atoms with E-state index in [1.54, 1.807) is 34.6 Å². The van der Waals surface area contributed by atoms with Gasteiger partial charge in [0.05, 0.1) is 33.6 Å². The molecule has 1 heterocycles. The van der Waals surface area contributed by atoms with Crippen molar-refractivity contribution in [2.24, 2.45) is 12.0 Å². The van der Waals surface area contributed by atoms with Crippen molar-refractivity contribution in [3.63, 3.8) is 0 Å². The minimum Gasteiger partial charge on any atom is -0.493 e. The van der Waals surface area contributed by atoms with Gasteiger partial charge in [-0.25, -0.2) is 0 Å². The van der Waals surface area contributed by atoms with Gasteiger partial charge in [-0.2, -0.15) is 5.10 Å². The van der Waals surface area contributed by atoms with Gasteiger partial charge in [-0.1, -0.05) is 0 Å². The highest BCUT2D eigenvalue weighted by Crippen LogP contribution is 2.39. The Morgan fingerprint density at radius 1 is 1.04 bits per heavy atom. The molecule has 2 rings (SSSR count). The van der Waals surface area contributed by atoms with Gasteiger partial charge in [-0.3, -0.25) is 9.67 Å². The Hall–Kier alpha value is -2.90. The number of aromatic nitrogens is 2. The predicted octanol–water partition coefficient (Wildman–Crippen LogP) is 1.31.